The summed E-state index contributed by atoms with van der Waals surface area (Å²) in [4.78, 5) is 28.4. The number of pyridine rings is 1. The van der Waals surface area contributed by atoms with E-state index in [9.17, 15) is 14.7 Å². The molecule has 2 rings (SSSR count). The van der Waals surface area contributed by atoms with E-state index < -0.39 is 23.1 Å². The molecule has 144 valence electrons. The lowest BCUT2D eigenvalue weighted by Crippen LogP contribution is -2.44. The number of hydrogen-bond acceptors (Lipinski definition) is 5. The highest BCUT2D eigenvalue weighted by atomic mass is 35.5. The average Bonchev–Trinajstić information content (AvgIpc) is 2.62. The summed E-state index contributed by atoms with van der Waals surface area (Å²) in [5, 5.41) is 10.4. The first-order valence-corrected chi connectivity index (χ1v) is 9.18. The van der Waals surface area contributed by atoms with Gasteiger partial charge in [0.1, 0.15) is 0 Å². The number of Topliss-reactive ketones (excluding diaryl/α,β-unsaturated/α-hetero) is 1. The third-order valence-corrected chi connectivity index (χ3v) is 4.94. The van der Waals surface area contributed by atoms with E-state index in [-0.39, 0.29) is 10.6 Å². The van der Waals surface area contributed by atoms with E-state index in [2.05, 4.69) is 24.9 Å². The van der Waals surface area contributed by atoms with E-state index in [1.54, 1.807) is 6.07 Å². The standard InChI is InChI=1S/C21H24ClNO4/c1-6-12(2)9-13(3)7-8-15-10-16-17(11-23-15)19(25)21(5,27-14(4)24)20(26)18(16)22/h7-12,26H,6H2,1-5H3/b8-7+,13-9+. The summed E-state index contributed by atoms with van der Waals surface area (Å²) in [7, 11) is 0. The molecule has 0 saturated carbocycles. The number of carbonyl (C=O) groups is 2. The number of carbonyl (C=O) groups excluding carboxylic acids is 2. The van der Waals surface area contributed by atoms with E-state index in [1.807, 2.05) is 19.1 Å². The number of rotatable bonds is 5. The van der Waals surface area contributed by atoms with Crippen LogP contribution in [0, 0.1) is 5.92 Å². The van der Waals surface area contributed by atoms with Crippen molar-refractivity contribution in [3.05, 3.63) is 52.6 Å². The van der Waals surface area contributed by atoms with Crippen molar-refractivity contribution in [3.63, 3.8) is 0 Å². The van der Waals surface area contributed by atoms with Crippen molar-refractivity contribution in [1.29, 1.82) is 0 Å². The van der Waals surface area contributed by atoms with Crippen LogP contribution in [-0.2, 0) is 9.53 Å². The third-order valence-electron chi connectivity index (χ3n) is 4.56. The Hall–Kier alpha value is -2.40. The maximum absolute atomic E-state index is 12.8. The molecule has 2 atom stereocenters. The zero-order chi connectivity index (χ0) is 20.4. The van der Waals surface area contributed by atoms with Crippen LogP contribution in [0.1, 0.15) is 62.7 Å². The Morgan fingerprint density at radius 3 is 2.67 bits per heavy atom. The number of nitrogens with zero attached hydrogens (tertiary/aromatic N) is 1. The summed E-state index contributed by atoms with van der Waals surface area (Å²) in [6.45, 7) is 8.76. The molecule has 2 unspecified atom stereocenters. The van der Waals surface area contributed by atoms with Gasteiger partial charge in [-0.15, -0.1) is 0 Å². The Morgan fingerprint density at radius 1 is 1.41 bits per heavy atom. The van der Waals surface area contributed by atoms with Crippen molar-refractivity contribution in [1.82, 2.24) is 4.98 Å². The van der Waals surface area contributed by atoms with Crippen molar-refractivity contribution in [3.8, 4) is 0 Å². The summed E-state index contributed by atoms with van der Waals surface area (Å²) >= 11 is 6.28. The zero-order valence-corrected chi connectivity index (χ0v) is 16.9. The maximum atomic E-state index is 12.8. The second-order valence-corrected chi connectivity index (χ2v) is 7.28. The molecule has 0 spiro atoms. The third kappa shape index (κ3) is 4.30. The number of aliphatic hydroxyl groups is 1. The Balaban J connectivity index is 2.42. The first kappa shape index (κ1) is 20.9. The lowest BCUT2D eigenvalue weighted by Gasteiger charge is -2.31. The Kier molecular flexibility index (Phi) is 6.26. The van der Waals surface area contributed by atoms with E-state index in [0.717, 1.165) is 18.9 Å². The fourth-order valence-electron chi connectivity index (χ4n) is 2.85. The summed E-state index contributed by atoms with van der Waals surface area (Å²) in [6.07, 6.45) is 8.38. The first-order chi connectivity index (χ1) is 12.6. The minimum absolute atomic E-state index is 0.0303. The van der Waals surface area contributed by atoms with Crippen molar-refractivity contribution in [2.24, 2.45) is 5.92 Å². The van der Waals surface area contributed by atoms with Gasteiger partial charge in [0.05, 0.1) is 10.7 Å². The van der Waals surface area contributed by atoms with Crippen molar-refractivity contribution in [2.75, 3.05) is 0 Å². The second kappa shape index (κ2) is 8.09. The number of halogens is 1. The molecule has 0 saturated heterocycles. The molecule has 5 nitrogen and oxygen atoms in total. The van der Waals surface area contributed by atoms with Crippen LogP contribution in [0.25, 0.3) is 11.1 Å². The van der Waals surface area contributed by atoms with Gasteiger partial charge in [-0.1, -0.05) is 49.6 Å². The lowest BCUT2D eigenvalue weighted by atomic mass is 9.84. The molecule has 1 N–H and O–H groups in total. The number of aromatic nitrogens is 1. The lowest BCUT2D eigenvalue weighted by molar-refractivity contribution is -0.150. The van der Waals surface area contributed by atoms with Gasteiger partial charge in [-0.05, 0) is 31.9 Å². The molecule has 0 fully saturated rings. The molecule has 1 aliphatic rings. The van der Waals surface area contributed by atoms with E-state index in [0.29, 0.717) is 17.2 Å². The summed E-state index contributed by atoms with van der Waals surface area (Å²) in [6, 6.07) is 1.63. The highest BCUT2D eigenvalue weighted by Crippen LogP contribution is 2.40. The molecular weight excluding hydrogens is 366 g/mol. The zero-order valence-electron chi connectivity index (χ0n) is 16.2. The highest BCUT2D eigenvalue weighted by Gasteiger charge is 2.48. The first-order valence-electron chi connectivity index (χ1n) is 8.80. The quantitative estimate of drug-likeness (QED) is 0.561. The monoisotopic (exact) mass is 389 g/mol. The topological polar surface area (TPSA) is 76.5 Å². The highest BCUT2D eigenvalue weighted by molar-refractivity contribution is 6.51. The molecule has 1 aromatic rings. The Labute approximate surface area is 164 Å². The Morgan fingerprint density at radius 2 is 2.07 bits per heavy atom. The van der Waals surface area contributed by atoms with Crippen LogP contribution in [0.2, 0.25) is 0 Å². The van der Waals surface area contributed by atoms with Crippen LogP contribution in [0.15, 0.2) is 35.7 Å². The van der Waals surface area contributed by atoms with Gasteiger partial charge in [0, 0.05) is 24.2 Å². The number of aliphatic hydroxyl groups excluding tert-OH is 1. The molecule has 27 heavy (non-hydrogen) atoms. The Bertz CT molecular complexity index is 869. The van der Waals surface area contributed by atoms with Crippen LogP contribution in [-0.4, -0.2) is 27.4 Å². The number of hydrogen-bond donors (Lipinski definition) is 1. The fraction of sp³-hybridized carbons (Fsp3) is 0.381. The molecule has 0 aliphatic heterocycles. The van der Waals surface area contributed by atoms with E-state index in [1.165, 1.54) is 13.1 Å². The fourth-order valence-corrected chi connectivity index (χ4v) is 3.18. The minimum atomic E-state index is -1.84. The molecule has 0 radical (unpaired) electrons. The number of ether oxygens (including phenoxy) is 1. The average molecular weight is 390 g/mol. The molecule has 6 heteroatoms. The SMILES string of the molecule is CCC(C)/C=C(C)/C=C/c1cc2c(cn1)C(=O)C(C)(OC(C)=O)C(O)=C2Cl. The van der Waals surface area contributed by atoms with Gasteiger partial charge in [0.2, 0.25) is 11.4 Å². The number of ketones is 1. The van der Waals surface area contributed by atoms with Gasteiger partial charge in [0.25, 0.3) is 0 Å². The van der Waals surface area contributed by atoms with Gasteiger partial charge in [-0.25, -0.2) is 0 Å². The summed E-state index contributed by atoms with van der Waals surface area (Å²) < 4.78 is 5.06. The van der Waals surface area contributed by atoms with Crippen molar-refractivity contribution in [2.45, 2.75) is 46.6 Å². The normalized spacial score (nSPS) is 21.4. The summed E-state index contributed by atoms with van der Waals surface area (Å²) in [5.74, 6) is -1.25. The van der Waals surface area contributed by atoms with Gasteiger partial charge in [0.15, 0.2) is 5.76 Å². The maximum Gasteiger partial charge on any atom is 0.304 e. The van der Waals surface area contributed by atoms with Crippen LogP contribution >= 0.6 is 11.6 Å². The van der Waals surface area contributed by atoms with E-state index >= 15 is 0 Å². The van der Waals surface area contributed by atoms with Crippen LogP contribution in [0.3, 0.4) is 0 Å². The molecule has 0 aromatic carbocycles. The predicted octanol–water partition coefficient (Wildman–Crippen LogP) is 5.07. The van der Waals surface area contributed by atoms with Gasteiger partial charge in [-0.3, -0.25) is 14.6 Å². The minimum Gasteiger partial charge on any atom is -0.506 e. The molecular formula is C21H24ClNO4. The number of esters is 1. The molecule has 0 amide bonds. The molecule has 1 heterocycles. The van der Waals surface area contributed by atoms with E-state index in [4.69, 9.17) is 16.3 Å². The number of fused-ring (bicyclic) bond motifs is 1. The molecule has 1 aromatic heterocycles. The number of allylic oxidation sites excluding steroid dienone is 3. The predicted molar refractivity (Wildman–Crippen MR) is 106 cm³/mol. The summed E-state index contributed by atoms with van der Waals surface area (Å²) in [5.41, 5.74) is 0.421. The van der Waals surface area contributed by atoms with Gasteiger partial charge < -0.3 is 9.84 Å². The van der Waals surface area contributed by atoms with Crippen molar-refractivity contribution < 1.29 is 19.4 Å². The van der Waals surface area contributed by atoms with Crippen LogP contribution in [0.4, 0.5) is 0 Å². The van der Waals surface area contributed by atoms with Gasteiger partial charge >= 0.3 is 5.97 Å². The van der Waals surface area contributed by atoms with Crippen LogP contribution < -0.4 is 0 Å². The molecule has 0 bridgehead atoms. The molecule has 1 aliphatic carbocycles. The second-order valence-electron chi connectivity index (χ2n) is 6.90. The largest absolute Gasteiger partial charge is 0.506 e. The van der Waals surface area contributed by atoms with Crippen LogP contribution in [0.5, 0.6) is 0 Å². The smallest absolute Gasteiger partial charge is 0.304 e. The van der Waals surface area contributed by atoms with Gasteiger partial charge in [-0.2, -0.15) is 0 Å². The van der Waals surface area contributed by atoms with Crippen molar-refractivity contribution >= 4 is 34.5 Å².